The lowest BCUT2D eigenvalue weighted by atomic mass is 10.1. The highest BCUT2D eigenvalue weighted by Crippen LogP contribution is 2.70. The van der Waals surface area contributed by atoms with Crippen molar-refractivity contribution < 1.29 is 0 Å². The summed E-state index contributed by atoms with van der Waals surface area (Å²) in [4.78, 5) is 0. The molecule has 0 bridgehead atoms. The van der Waals surface area contributed by atoms with Crippen LogP contribution in [0.25, 0.3) is 0 Å². The zero-order valence-electron chi connectivity index (χ0n) is 9.88. The van der Waals surface area contributed by atoms with Crippen molar-refractivity contribution in [3.8, 4) is 0 Å². The Morgan fingerprint density at radius 1 is 0.348 bits per heavy atom. The van der Waals surface area contributed by atoms with Gasteiger partial charge < -0.3 is 0 Å². The molecule has 15 heteroatoms. The van der Waals surface area contributed by atoms with E-state index in [1.807, 2.05) is 0 Å². The molecule has 0 amide bonds. The van der Waals surface area contributed by atoms with E-state index in [1.54, 1.807) is 0 Å². The topological polar surface area (TPSA) is 0 Å². The fourth-order valence-electron chi connectivity index (χ4n) is 0.999. The van der Waals surface area contributed by atoms with Crippen LogP contribution < -0.4 is 0 Å². The average Bonchev–Trinajstić information content (AvgIpc) is 2.24. The minimum atomic E-state index is -2.81. The summed E-state index contributed by atoms with van der Waals surface area (Å²) in [5.41, 5.74) is 0. The predicted octanol–water partition coefficient (Wildman–Crippen LogP) is 9.23. The second kappa shape index (κ2) is 7.88. The molecular formula is C8H2Cl15. The van der Waals surface area contributed by atoms with Gasteiger partial charge in [0.2, 0.25) is 8.13 Å². The van der Waals surface area contributed by atoms with Crippen molar-refractivity contribution in [2.24, 2.45) is 0 Å². The maximum atomic E-state index is 6.08. The van der Waals surface area contributed by atoms with E-state index in [0.717, 1.165) is 0 Å². The lowest BCUT2D eigenvalue weighted by Crippen LogP contribution is -2.68. The Labute approximate surface area is 208 Å². The molecule has 0 fully saturated rings. The van der Waals surface area contributed by atoms with Crippen molar-refractivity contribution in [3.63, 3.8) is 0 Å². The van der Waals surface area contributed by atoms with E-state index in [-0.39, 0.29) is 0 Å². The Bertz CT molecular complexity index is 395. The van der Waals surface area contributed by atoms with Crippen molar-refractivity contribution in [2.75, 3.05) is 0 Å². The van der Waals surface area contributed by atoms with Crippen molar-refractivity contribution >= 4 is 174 Å². The van der Waals surface area contributed by atoms with Gasteiger partial charge in [0.25, 0.3) is 0 Å². The number of halogens is 15. The van der Waals surface area contributed by atoms with E-state index < -0.39 is 29.8 Å². The van der Waals surface area contributed by atoms with Crippen LogP contribution in [0.3, 0.4) is 0 Å². The summed E-state index contributed by atoms with van der Waals surface area (Å²) in [7, 11) is 0. The predicted molar refractivity (Wildman–Crippen MR) is 112 cm³/mol. The molecule has 0 aliphatic rings. The molecule has 0 N–H and O–H groups in total. The molecule has 1 radical (unpaired) electrons. The Hall–Kier alpha value is 4.35. The van der Waals surface area contributed by atoms with Gasteiger partial charge in [-0.2, -0.15) is 0 Å². The van der Waals surface area contributed by atoms with Gasteiger partial charge in [0.1, 0.15) is 0 Å². The van der Waals surface area contributed by atoms with E-state index in [0.29, 0.717) is 0 Å². The molecule has 0 rings (SSSR count). The highest BCUT2D eigenvalue weighted by atomic mass is 35.6. The third kappa shape index (κ3) is 4.59. The first-order valence-electron chi connectivity index (χ1n) is 4.69. The van der Waals surface area contributed by atoms with Gasteiger partial charge in [0, 0.05) is 0 Å². The van der Waals surface area contributed by atoms with Gasteiger partial charge in [-0.15, -0.1) is 0 Å². The van der Waals surface area contributed by atoms with Gasteiger partial charge in [-0.3, -0.25) is 0 Å². The lowest BCUT2D eigenvalue weighted by Gasteiger charge is -2.52. The molecule has 0 nitrogen and oxygen atoms in total. The number of hydrogen-bond acceptors (Lipinski definition) is 0. The van der Waals surface area contributed by atoms with E-state index in [9.17, 15) is 0 Å². The Morgan fingerprint density at radius 2 is 0.565 bits per heavy atom. The van der Waals surface area contributed by atoms with Gasteiger partial charge in [0.05, 0.1) is 0 Å². The van der Waals surface area contributed by atoms with Gasteiger partial charge in [0.15, 0.2) is 21.7 Å². The molecule has 139 valence electrons. The molecule has 0 aromatic rings. The molecule has 0 aromatic carbocycles. The van der Waals surface area contributed by atoms with Crippen molar-refractivity contribution in [1.82, 2.24) is 0 Å². The van der Waals surface area contributed by atoms with Crippen molar-refractivity contribution in [3.05, 3.63) is 6.92 Å². The summed E-state index contributed by atoms with van der Waals surface area (Å²) in [5, 5.41) is 0. The molecule has 0 saturated heterocycles. The molecule has 0 saturated carbocycles. The molecule has 0 heterocycles. The number of rotatable bonds is 5. The summed E-state index contributed by atoms with van der Waals surface area (Å²) in [5.74, 6) is 0. The van der Waals surface area contributed by atoms with Gasteiger partial charge in [-0.1, -0.05) is 174 Å². The van der Waals surface area contributed by atoms with Gasteiger partial charge >= 0.3 is 0 Å². The normalized spacial score (nSPS) is 16.7. The Kier molecular flexibility index (Phi) is 9.37. The minimum Gasteiger partial charge on any atom is -0.0982 e. The number of hydrogen-bond donors (Lipinski definition) is 0. The minimum absolute atomic E-state index is 2.25. The zero-order chi connectivity index (χ0) is 19.5. The second-order valence-corrected chi connectivity index (χ2v) is 14.5. The molecular weight excluding hydrogens is 628 g/mol. The molecule has 0 aromatic heterocycles. The maximum absolute atomic E-state index is 6.08. The maximum Gasteiger partial charge on any atom is 0.226 e. The summed E-state index contributed by atoms with van der Waals surface area (Å²) in [6.45, 7) is 3.27. The van der Waals surface area contributed by atoms with Crippen LogP contribution in [0.5, 0.6) is 0 Å². The van der Waals surface area contributed by atoms with Crippen LogP contribution in [0, 0.1) is 6.92 Å². The highest BCUT2D eigenvalue weighted by Gasteiger charge is 2.78. The number of alkyl halides is 15. The monoisotopic (exact) mass is 623 g/mol. The van der Waals surface area contributed by atoms with Crippen LogP contribution in [0.1, 0.15) is 0 Å². The third-order valence-electron chi connectivity index (χ3n) is 2.39. The molecule has 0 spiro atoms. The van der Waals surface area contributed by atoms with E-state index in [1.165, 1.54) is 0 Å². The Balaban J connectivity index is 6.37. The highest BCUT2D eigenvalue weighted by molar-refractivity contribution is 6.82. The standard InChI is InChI=1S/C8H2Cl15/c1-2(9,10)3(11,12)4(13,14)5(15,16)6(17,18)7(19,20)8(21,22)23/h1H2. The summed E-state index contributed by atoms with van der Waals surface area (Å²) in [6, 6.07) is 0. The molecule has 0 atom stereocenters. The first-order chi connectivity index (χ1) is 9.50. The SMILES string of the molecule is [CH2]C(Cl)(Cl)C(Cl)(Cl)C(Cl)(Cl)C(Cl)(Cl)C(Cl)(Cl)C(Cl)(Cl)C(Cl)(Cl)Cl. The summed E-state index contributed by atoms with van der Waals surface area (Å²) < 4.78 is -18.3. The van der Waals surface area contributed by atoms with Gasteiger partial charge in [-0.05, 0) is 6.92 Å². The summed E-state index contributed by atoms with van der Waals surface area (Å²) >= 11 is 88.5. The molecule has 0 aliphatic carbocycles. The second-order valence-electron chi connectivity index (χ2n) is 4.07. The van der Waals surface area contributed by atoms with Crippen LogP contribution in [-0.2, 0) is 0 Å². The van der Waals surface area contributed by atoms with E-state index in [4.69, 9.17) is 174 Å². The first kappa shape index (κ1) is 27.4. The van der Waals surface area contributed by atoms with E-state index >= 15 is 0 Å². The van der Waals surface area contributed by atoms with Crippen LogP contribution >= 0.6 is 174 Å². The van der Waals surface area contributed by atoms with Crippen molar-refractivity contribution in [1.29, 1.82) is 0 Å². The van der Waals surface area contributed by atoms with Gasteiger partial charge in [-0.25, -0.2) is 0 Å². The van der Waals surface area contributed by atoms with Crippen LogP contribution in [-0.4, -0.2) is 29.8 Å². The lowest BCUT2D eigenvalue weighted by molar-refractivity contribution is 0.487. The third-order valence-corrected chi connectivity index (χ3v) is 12.1. The fraction of sp³-hybridized carbons (Fsp3) is 0.875. The van der Waals surface area contributed by atoms with Crippen LogP contribution in [0.15, 0.2) is 0 Å². The van der Waals surface area contributed by atoms with Crippen LogP contribution in [0.4, 0.5) is 0 Å². The Morgan fingerprint density at radius 3 is 0.783 bits per heavy atom. The quantitative estimate of drug-likeness (QED) is 0.266. The molecule has 0 unspecified atom stereocenters. The average molecular weight is 630 g/mol. The molecule has 0 aliphatic heterocycles. The first-order valence-corrected chi connectivity index (χ1v) is 10.4. The zero-order valence-corrected chi connectivity index (χ0v) is 21.2. The molecule has 23 heavy (non-hydrogen) atoms. The smallest absolute Gasteiger partial charge is 0.0982 e. The van der Waals surface area contributed by atoms with Crippen molar-refractivity contribution in [2.45, 2.75) is 29.8 Å². The van der Waals surface area contributed by atoms with Crippen LogP contribution in [0.2, 0.25) is 0 Å². The summed E-state index contributed by atoms with van der Waals surface area (Å²) in [6.07, 6.45) is 0. The van der Waals surface area contributed by atoms with E-state index in [2.05, 4.69) is 6.92 Å². The largest absolute Gasteiger partial charge is 0.226 e. The fourth-order valence-corrected chi connectivity index (χ4v) is 5.08.